The highest BCUT2D eigenvalue weighted by Crippen LogP contribution is 2.19. The van der Waals surface area contributed by atoms with Gasteiger partial charge in [-0.05, 0) is 103 Å². The Balaban J connectivity index is 0.991. The predicted molar refractivity (Wildman–Crippen MR) is 182 cm³/mol. The zero-order valence-corrected chi connectivity index (χ0v) is 26.7. The third-order valence-electron chi connectivity index (χ3n) is 7.08. The molecule has 11 heteroatoms. The summed E-state index contributed by atoms with van der Waals surface area (Å²) in [4.78, 5) is 50.6. The number of anilines is 2. The first-order valence-corrected chi connectivity index (χ1v) is 15.6. The number of carbonyl (C=O) groups is 1. The van der Waals surface area contributed by atoms with Crippen LogP contribution in [0.25, 0.3) is 0 Å². The van der Waals surface area contributed by atoms with E-state index >= 15 is 0 Å². The molecule has 0 bridgehead atoms. The van der Waals surface area contributed by atoms with Crippen molar-refractivity contribution >= 4 is 41.0 Å². The second kappa shape index (κ2) is 20.0. The lowest BCUT2D eigenvalue weighted by atomic mass is 10.0. The number of nitrogens with one attached hydrogen (secondary N) is 2. The first-order chi connectivity index (χ1) is 23.5. The van der Waals surface area contributed by atoms with Crippen molar-refractivity contribution in [2.24, 2.45) is 9.98 Å². The summed E-state index contributed by atoms with van der Waals surface area (Å²) in [7, 11) is 0. The number of benzene rings is 4. The molecule has 1 amide bonds. The highest BCUT2D eigenvalue weighted by atomic mass is 17.2. The van der Waals surface area contributed by atoms with Gasteiger partial charge in [0.1, 0.15) is 6.61 Å². The average molecular weight is 651 g/mol. The number of isocyanates is 2. The Morgan fingerprint density at radius 2 is 1.15 bits per heavy atom. The van der Waals surface area contributed by atoms with Gasteiger partial charge in [0, 0.05) is 18.0 Å². The SMILES string of the molecule is CC(COC(=O)Nc1ccc(Cc2ccc(N=C=O)cc2)cc1)OCCCCOOCNc1ccc(Cc2ccc(N=C=O)cc2)cc1. The minimum absolute atomic E-state index is 0.130. The van der Waals surface area contributed by atoms with Crippen molar-refractivity contribution in [3.8, 4) is 0 Å². The van der Waals surface area contributed by atoms with E-state index in [1.165, 1.54) is 6.08 Å². The largest absolute Gasteiger partial charge is 0.447 e. The number of aliphatic imine (C=N–C) groups is 2. The molecule has 248 valence electrons. The van der Waals surface area contributed by atoms with Crippen LogP contribution in [0.15, 0.2) is 107 Å². The maximum Gasteiger partial charge on any atom is 0.411 e. The quantitative estimate of drug-likeness (QED) is 0.0265. The molecular formula is C37H38N4O7. The van der Waals surface area contributed by atoms with Gasteiger partial charge in [-0.3, -0.25) is 5.32 Å². The van der Waals surface area contributed by atoms with E-state index in [4.69, 9.17) is 19.2 Å². The van der Waals surface area contributed by atoms with Crippen molar-refractivity contribution in [2.45, 2.75) is 38.7 Å². The Kier molecular flexibility index (Phi) is 14.7. The van der Waals surface area contributed by atoms with Crippen LogP contribution < -0.4 is 10.6 Å². The van der Waals surface area contributed by atoms with Gasteiger partial charge < -0.3 is 14.8 Å². The van der Waals surface area contributed by atoms with Gasteiger partial charge in [0.05, 0.1) is 24.1 Å². The number of ether oxygens (including phenoxy) is 2. The second-order valence-corrected chi connectivity index (χ2v) is 10.9. The van der Waals surface area contributed by atoms with Crippen molar-refractivity contribution < 1.29 is 33.6 Å². The van der Waals surface area contributed by atoms with E-state index in [1.807, 2.05) is 79.7 Å². The smallest absolute Gasteiger partial charge is 0.411 e. The Bertz CT molecular complexity index is 1650. The van der Waals surface area contributed by atoms with Crippen LogP contribution in [0.1, 0.15) is 42.0 Å². The Morgan fingerprint density at radius 1 is 0.667 bits per heavy atom. The first-order valence-electron chi connectivity index (χ1n) is 15.6. The summed E-state index contributed by atoms with van der Waals surface area (Å²) in [6, 6.07) is 30.4. The lowest BCUT2D eigenvalue weighted by Crippen LogP contribution is -2.22. The average Bonchev–Trinajstić information content (AvgIpc) is 3.10. The maximum atomic E-state index is 12.2. The molecule has 0 saturated heterocycles. The Labute approximate surface area is 279 Å². The summed E-state index contributed by atoms with van der Waals surface area (Å²) in [5, 5.41) is 5.87. The second-order valence-electron chi connectivity index (χ2n) is 10.9. The molecule has 0 spiro atoms. The van der Waals surface area contributed by atoms with Crippen molar-refractivity contribution in [1.29, 1.82) is 0 Å². The van der Waals surface area contributed by atoms with E-state index < -0.39 is 6.09 Å². The summed E-state index contributed by atoms with van der Waals surface area (Å²) in [5.74, 6) is 0. The van der Waals surface area contributed by atoms with Crippen molar-refractivity contribution in [2.75, 3.05) is 37.2 Å². The fraction of sp³-hybridized carbons (Fsp3) is 0.270. The highest BCUT2D eigenvalue weighted by molar-refractivity contribution is 5.84. The monoisotopic (exact) mass is 650 g/mol. The molecule has 0 aliphatic carbocycles. The molecule has 1 unspecified atom stereocenters. The molecule has 0 radical (unpaired) electrons. The fourth-order valence-electron chi connectivity index (χ4n) is 4.56. The van der Waals surface area contributed by atoms with E-state index in [-0.39, 0.29) is 19.4 Å². The molecule has 0 aliphatic heterocycles. The van der Waals surface area contributed by atoms with Gasteiger partial charge in [-0.1, -0.05) is 48.5 Å². The van der Waals surface area contributed by atoms with E-state index in [0.29, 0.717) is 36.7 Å². The van der Waals surface area contributed by atoms with Crippen LogP contribution in [0.3, 0.4) is 0 Å². The summed E-state index contributed by atoms with van der Waals surface area (Å²) in [6.07, 6.45) is 5.27. The number of amides is 1. The van der Waals surface area contributed by atoms with Gasteiger partial charge in [-0.15, -0.1) is 0 Å². The maximum absolute atomic E-state index is 12.2. The van der Waals surface area contributed by atoms with Gasteiger partial charge in [-0.2, -0.15) is 9.98 Å². The zero-order valence-electron chi connectivity index (χ0n) is 26.7. The van der Waals surface area contributed by atoms with Crippen molar-refractivity contribution in [3.63, 3.8) is 0 Å². The lowest BCUT2D eigenvalue weighted by Gasteiger charge is -2.14. The number of hydrogen-bond acceptors (Lipinski definition) is 10. The van der Waals surface area contributed by atoms with Crippen LogP contribution in [0.4, 0.5) is 27.5 Å². The van der Waals surface area contributed by atoms with E-state index in [9.17, 15) is 14.4 Å². The lowest BCUT2D eigenvalue weighted by molar-refractivity contribution is -0.290. The van der Waals surface area contributed by atoms with Gasteiger partial charge in [0.15, 0.2) is 6.73 Å². The van der Waals surface area contributed by atoms with Crippen molar-refractivity contribution in [1.82, 2.24) is 0 Å². The topological polar surface area (TPSA) is 137 Å². The van der Waals surface area contributed by atoms with Gasteiger partial charge >= 0.3 is 6.09 Å². The molecule has 0 fully saturated rings. The summed E-state index contributed by atoms with van der Waals surface area (Å²) < 4.78 is 11.0. The fourth-order valence-corrected chi connectivity index (χ4v) is 4.56. The van der Waals surface area contributed by atoms with Gasteiger partial charge in [0.2, 0.25) is 12.2 Å². The third-order valence-corrected chi connectivity index (χ3v) is 7.08. The number of unbranched alkanes of at least 4 members (excludes halogenated alkanes) is 1. The molecule has 0 saturated carbocycles. The summed E-state index contributed by atoms with van der Waals surface area (Å²) in [6.45, 7) is 3.12. The molecule has 4 aromatic carbocycles. The highest BCUT2D eigenvalue weighted by Gasteiger charge is 2.09. The van der Waals surface area contributed by atoms with E-state index in [2.05, 4.69) is 20.6 Å². The zero-order chi connectivity index (χ0) is 33.8. The summed E-state index contributed by atoms with van der Waals surface area (Å²) in [5.41, 5.74) is 7.13. The van der Waals surface area contributed by atoms with Crippen LogP contribution in [0.2, 0.25) is 0 Å². The minimum atomic E-state index is -0.547. The molecule has 48 heavy (non-hydrogen) atoms. The molecular weight excluding hydrogens is 612 g/mol. The Morgan fingerprint density at radius 3 is 1.67 bits per heavy atom. The first kappa shape index (κ1) is 35.4. The molecule has 0 aromatic heterocycles. The standard InChI is InChI=1S/C37H38N4O7/c1-28(24-46-37(44)41-36-18-10-32(11-19-36)23-30-6-14-34(15-7-30)39-26-43)45-20-2-3-21-47-48-27-40-35-16-8-31(9-17-35)22-29-4-12-33(13-5-29)38-25-42/h4-19,28,40H,2-3,20-24,27H2,1H3,(H,41,44). The van der Waals surface area contributed by atoms with Gasteiger partial charge in [-0.25, -0.2) is 24.2 Å². The predicted octanol–water partition coefficient (Wildman–Crippen LogP) is 7.55. The number of hydrogen-bond donors (Lipinski definition) is 2. The molecule has 1 atom stereocenters. The van der Waals surface area contributed by atoms with Crippen LogP contribution >= 0.6 is 0 Å². The number of rotatable bonds is 19. The molecule has 4 aromatic rings. The molecule has 0 aliphatic rings. The normalized spacial score (nSPS) is 11.1. The van der Waals surface area contributed by atoms with Crippen LogP contribution in [0, 0.1) is 0 Å². The van der Waals surface area contributed by atoms with E-state index in [0.717, 1.165) is 47.2 Å². The van der Waals surface area contributed by atoms with Crippen LogP contribution in [-0.2, 0) is 41.7 Å². The summed E-state index contributed by atoms with van der Waals surface area (Å²) >= 11 is 0. The van der Waals surface area contributed by atoms with Crippen LogP contribution in [-0.4, -0.2) is 50.9 Å². The number of nitrogens with zero attached hydrogens (tertiary/aromatic N) is 2. The molecule has 11 nitrogen and oxygen atoms in total. The third kappa shape index (κ3) is 13.1. The minimum Gasteiger partial charge on any atom is -0.447 e. The van der Waals surface area contributed by atoms with Crippen molar-refractivity contribution in [3.05, 3.63) is 119 Å². The van der Waals surface area contributed by atoms with Crippen LogP contribution in [0.5, 0.6) is 0 Å². The number of carbonyl (C=O) groups excluding carboxylic acids is 3. The Hall–Kier alpha value is -5.41. The van der Waals surface area contributed by atoms with E-state index in [1.54, 1.807) is 30.3 Å². The molecule has 2 N–H and O–H groups in total. The molecule has 0 heterocycles. The molecule has 4 rings (SSSR count). The van der Waals surface area contributed by atoms with Gasteiger partial charge in [0.25, 0.3) is 0 Å².